The first-order valence-electron chi connectivity index (χ1n) is 4.43. The summed E-state index contributed by atoms with van der Waals surface area (Å²) >= 11 is 2.92. The minimum Gasteiger partial charge on any atom is -0.493 e. The Balaban J connectivity index is 2.24. The normalized spacial score (nSPS) is 14.5. The Morgan fingerprint density at radius 2 is 2.27 bits per heavy atom. The van der Waals surface area contributed by atoms with Gasteiger partial charge < -0.3 is 4.74 Å². The lowest BCUT2D eigenvalue weighted by molar-refractivity contribution is 0.357. The topological polar surface area (TPSA) is 55.4 Å². The monoisotopic (exact) mass is 291 g/mol. The van der Waals surface area contributed by atoms with Crippen LogP contribution in [0.1, 0.15) is 5.56 Å². The molecule has 0 aliphatic carbocycles. The molecule has 82 valence electrons. The van der Waals surface area contributed by atoms with Crippen molar-refractivity contribution in [3.8, 4) is 5.75 Å². The van der Waals surface area contributed by atoms with Gasteiger partial charge in [0.2, 0.25) is 10.0 Å². The maximum atomic E-state index is 11.3. The van der Waals surface area contributed by atoms with Gasteiger partial charge in [0.1, 0.15) is 10.4 Å². The first kappa shape index (κ1) is 10.8. The van der Waals surface area contributed by atoms with Crippen LogP contribution in [0.25, 0.3) is 0 Å². The Morgan fingerprint density at radius 1 is 1.47 bits per heavy atom. The molecular weight excluding hydrogens is 282 g/mol. The Bertz CT molecular complexity index is 472. The molecule has 0 saturated carbocycles. The number of hydrogen-bond acceptors (Lipinski definition) is 3. The van der Waals surface area contributed by atoms with E-state index in [4.69, 9.17) is 4.74 Å². The van der Waals surface area contributed by atoms with Crippen LogP contribution in [0.5, 0.6) is 5.75 Å². The Morgan fingerprint density at radius 3 is 3.00 bits per heavy atom. The molecule has 0 atom stereocenters. The summed E-state index contributed by atoms with van der Waals surface area (Å²) in [5, 5.41) is 0. The van der Waals surface area contributed by atoms with Gasteiger partial charge in [-0.25, -0.2) is 8.42 Å². The summed E-state index contributed by atoms with van der Waals surface area (Å²) in [5.41, 5.74) is 1.63. The number of fused-ring (bicyclic) bond motifs is 1. The molecule has 0 saturated heterocycles. The molecule has 0 aromatic heterocycles. The first-order valence-corrected chi connectivity index (χ1v) is 7.20. The zero-order valence-corrected chi connectivity index (χ0v) is 10.3. The van der Waals surface area contributed by atoms with Crippen LogP contribution in [-0.2, 0) is 16.4 Å². The maximum Gasteiger partial charge on any atom is 0.242 e. The Kier molecular flexibility index (Phi) is 2.88. The van der Waals surface area contributed by atoms with E-state index >= 15 is 0 Å². The molecule has 1 aliphatic heterocycles. The van der Waals surface area contributed by atoms with Crippen LogP contribution in [0.4, 0.5) is 5.69 Å². The second kappa shape index (κ2) is 4.02. The average Bonchev–Trinajstić information content (AvgIpc) is 2.64. The third-order valence-corrected chi connectivity index (χ3v) is 4.75. The highest BCUT2D eigenvalue weighted by Gasteiger charge is 2.14. The molecule has 15 heavy (non-hydrogen) atoms. The van der Waals surface area contributed by atoms with E-state index in [-0.39, 0.29) is 4.66 Å². The van der Waals surface area contributed by atoms with Crippen molar-refractivity contribution in [3.05, 3.63) is 23.8 Å². The molecule has 2 rings (SSSR count). The number of halogens is 1. The summed E-state index contributed by atoms with van der Waals surface area (Å²) in [4.78, 5) is 0. The number of rotatable bonds is 3. The van der Waals surface area contributed by atoms with Gasteiger partial charge in [-0.05, 0) is 23.8 Å². The summed E-state index contributed by atoms with van der Waals surface area (Å²) in [6, 6.07) is 5.29. The third-order valence-electron chi connectivity index (χ3n) is 2.11. The van der Waals surface area contributed by atoms with Gasteiger partial charge in [0, 0.05) is 12.1 Å². The lowest BCUT2D eigenvalue weighted by Crippen LogP contribution is -2.13. The minimum atomic E-state index is -3.26. The molecular formula is C9H10BrNO3S. The molecule has 6 heteroatoms. The average molecular weight is 292 g/mol. The van der Waals surface area contributed by atoms with Crippen LogP contribution >= 0.6 is 15.9 Å². The molecule has 0 bridgehead atoms. The zero-order chi connectivity index (χ0) is 10.9. The highest BCUT2D eigenvalue weighted by Crippen LogP contribution is 2.28. The quantitative estimate of drug-likeness (QED) is 0.863. The summed E-state index contributed by atoms with van der Waals surface area (Å²) in [5.74, 6) is 0.844. The summed E-state index contributed by atoms with van der Waals surface area (Å²) in [7, 11) is -3.26. The van der Waals surface area contributed by atoms with Gasteiger partial charge in [-0.2, -0.15) is 0 Å². The SMILES string of the molecule is O=S(=O)(CBr)Nc1ccc2c(c1)CCO2. The van der Waals surface area contributed by atoms with Gasteiger partial charge in [-0.3, -0.25) is 4.72 Å². The predicted molar refractivity (Wildman–Crippen MR) is 62.0 cm³/mol. The largest absolute Gasteiger partial charge is 0.493 e. The van der Waals surface area contributed by atoms with Crippen LogP contribution in [0.3, 0.4) is 0 Å². The summed E-state index contributed by atoms with van der Waals surface area (Å²) in [6.07, 6.45) is 0.833. The lowest BCUT2D eigenvalue weighted by atomic mass is 10.1. The fourth-order valence-electron chi connectivity index (χ4n) is 1.46. The predicted octanol–water partition coefficient (Wildman–Crippen LogP) is 1.72. The van der Waals surface area contributed by atoms with Crippen molar-refractivity contribution in [3.63, 3.8) is 0 Å². The van der Waals surface area contributed by atoms with Gasteiger partial charge in [-0.1, -0.05) is 15.9 Å². The molecule has 0 unspecified atom stereocenters. The standard InChI is InChI=1S/C9H10BrNO3S/c10-6-15(12,13)11-8-1-2-9-7(5-8)3-4-14-9/h1-2,5,11H,3-4,6H2. The minimum absolute atomic E-state index is 0.104. The van der Waals surface area contributed by atoms with E-state index in [0.717, 1.165) is 17.7 Å². The molecule has 1 aromatic rings. The van der Waals surface area contributed by atoms with Crippen molar-refractivity contribution in [2.45, 2.75) is 6.42 Å². The van der Waals surface area contributed by atoms with Gasteiger partial charge in [0.05, 0.1) is 6.61 Å². The maximum absolute atomic E-state index is 11.3. The lowest BCUT2D eigenvalue weighted by Gasteiger charge is -2.06. The van der Waals surface area contributed by atoms with E-state index in [1.807, 2.05) is 6.07 Å². The highest BCUT2D eigenvalue weighted by atomic mass is 79.9. The Hall–Kier alpha value is -0.750. The molecule has 1 aromatic carbocycles. The molecule has 1 aliphatic rings. The molecule has 1 heterocycles. The fourth-order valence-corrected chi connectivity index (χ4v) is 2.34. The van der Waals surface area contributed by atoms with Crippen LogP contribution in [0.15, 0.2) is 18.2 Å². The second-order valence-corrected chi connectivity index (χ2v) is 6.27. The van der Waals surface area contributed by atoms with Crippen LogP contribution in [0.2, 0.25) is 0 Å². The first-order chi connectivity index (χ1) is 7.11. The summed E-state index contributed by atoms with van der Waals surface area (Å²) < 4.78 is 30.2. The number of benzene rings is 1. The van der Waals surface area contributed by atoms with Crippen LogP contribution in [-0.4, -0.2) is 19.7 Å². The van der Waals surface area contributed by atoms with E-state index < -0.39 is 10.0 Å². The number of hydrogen-bond donors (Lipinski definition) is 1. The molecule has 4 nitrogen and oxygen atoms in total. The molecule has 0 spiro atoms. The van der Waals surface area contributed by atoms with Crippen molar-refractivity contribution in [1.82, 2.24) is 0 Å². The number of ether oxygens (including phenoxy) is 1. The second-order valence-electron chi connectivity index (χ2n) is 3.25. The van der Waals surface area contributed by atoms with Crippen LogP contribution < -0.4 is 9.46 Å². The highest BCUT2D eigenvalue weighted by molar-refractivity contribution is 9.10. The van der Waals surface area contributed by atoms with Gasteiger partial charge in [0.25, 0.3) is 0 Å². The molecule has 0 radical (unpaired) electrons. The number of anilines is 1. The Labute approximate surface area is 96.8 Å². The van der Waals surface area contributed by atoms with E-state index in [1.54, 1.807) is 12.1 Å². The van der Waals surface area contributed by atoms with E-state index in [1.165, 1.54) is 0 Å². The van der Waals surface area contributed by atoms with Crippen molar-refractivity contribution in [2.75, 3.05) is 16.0 Å². The number of alkyl halides is 1. The molecule has 0 fully saturated rings. The van der Waals surface area contributed by atoms with E-state index in [9.17, 15) is 8.42 Å². The van der Waals surface area contributed by atoms with E-state index in [2.05, 4.69) is 20.7 Å². The smallest absolute Gasteiger partial charge is 0.242 e. The third kappa shape index (κ3) is 2.43. The number of nitrogens with one attached hydrogen (secondary N) is 1. The van der Waals surface area contributed by atoms with Crippen molar-refractivity contribution in [1.29, 1.82) is 0 Å². The zero-order valence-electron chi connectivity index (χ0n) is 7.86. The van der Waals surface area contributed by atoms with Gasteiger partial charge >= 0.3 is 0 Å². The number of sulfonamides is 1. The van der Waals surface area contributed by atoms with Gasteiger partial charge in [0.15, 0.2) is 0 Å². The summed E-state index contributed by atoms with van der Waals surface area (Å²) in [6.45, 7) is 0.671. The molecule has 0 amide bonds. The van der Waals surface area contributed by atoms with Crippen molar-refractivity contribution in [2.24, 2.45) is 0 Å². The molecule has 1 N–H and O–H groups in total. The van der Waals surface area contributed by atoms with Crippen LogP contribution in [0, 0.1) is 0 Å². The fraction of sp³-hybridized carbons (Fsp3) is 0.333. The van der Waals surface area contributed by atoms with E-state index in [0.29, 0.717) is 12.3 Å². The van der Waals surface area contributed by atoms with Crippen molar-refractivity contribution < 1.29 is 13.2 Å². The van der Waals surface area contributed by atoms with Crippen molar-refractivity contribution >= 4 is 31.6 Å². The van der Waals surface area contributed by atoms with Gasteiger partial charge in [-0.15, -0.1) is 0 Å².